The second-order valence-electron chi connectivity index (χ2n) is 3.48. The van der Waals surface area contributed by atoms with Gasteiger partial charge in [0.15, 0.2) is 0 Å². The molecule has 14 heavy (non-hydrogen) atoms. The molecule has 1 aliphatic heterocycles. The molecule has 0 amide bonds. The minimum absolute atomic E-state index is 0.167. The number of hydrogen-bond acceptors (Lipinski definition) is 1. The average Bonchev–Trinajstić information content (AvgIpc) is 1.99. The topological polar surface area (TPSA) is 47.1 Å². The highest BCUT2D eigenvalue weighted by atomic mass is 19.4. The molecule has 86 valence electrons. The normalized spacial score (nSPS) is 21.6. The molecule has 0 aliphatic carbocycles. The molecule has 3 nitrogen and oxygen atoms in total. The fourth-order valence-electron chi connectivity index (χ4n) is 0.527. The van der Waals surface area contributed by atoms with Crippen molar-refractivity contribution >= 4 is 0 Å². The van der Waals surface area contributed by atoms with Crippen LogP contribution in [0.2, 0.25) is 0 Å². The van der Waals surface area contributed by atoms with Gasteiger partial charge in [-0.1, -0.05) is 19.4 Å². The second-order valence-corrected chi connectivity index (χ2v) is 3.48. The van der Waals surface area contributed by atoms with Crippen LogP contribution in [-0.4, -0.2) is 38.0 Å². The van der Waals surface area contributed by atoms with Gasteiger partial charge >= 0.3 is 6.18 Å². The van der Waals surface area contributed by atoms with Crippen molar-refractivity contribution in [1.29, 1.82) is 0 Å². The summed E-state index contributed by atoms with van der Waals surface area (Å²) in [5.41, 5.74) is 6.27. The molecule has 1 heterocycles. The van der Waals surface area contributed by atoms with Crippen LogP contribution in [0, 0.1) is 0 Å². The molecule has 1 N–H and O–H groups in total. The van der Waals surface area contributed by atoms with Crippen LogP contribution in [0.25, 0.3) is 11.1 Å². The molecule has 0 aromatic heterocycles. The number of ether oxygens (including phenoxy) is 1. The van der Waals surface area contributed by atoms with E-state index >= 15 is 0 Å². The monoisotopic (exact) mass is 212 g/mol. The third-order valence-corrected chi connectivity index (χ3v) is 1.86. The molecule has 1 unspecified atom stereocenters. The first-order valence-corrected chi connectivity index (χ1v) is 4.18. The van der Waals surface area contributed by atoms with Crippen molar-refractivity contribution in [3.05, 3.63) is 11.1 Å². The Morgan fingerprint density at radius 2 is 1.79 bits per heavy atom. The Labute approximate surface area is 81.8 Å². The number of nitrogens with one attached hydrogen (secondary N) is 1. The number of halogens is 3. The molecular weight excluding hydrogens is 197 g/mol. The number of likely N-dealkylation sites (N-methyl/N-ethyl adjacent to an activating group) is 1. The Hall–Kier alpha value is -0.330. The van der Waals surface area contributed by atoms with Gasteiger partial charge in [-0.25, -0.2) is 0 Å². The Morgan fingerprint density at radius 1 is 1.43 bits per heavy atom. The summed E-state index contributed by atoms with van der Waals surface area (Å²) in [5.74, 6) is 0. The SMILES string of the molecule is CC([NH-])C(F)(F)F.C[N-]C1(C)COC1. The summed E-state index contributed by atoms with van der Waals surface area (Å²) in [5, 5.41) is 4.10. The lowest BCUT2D eigenvalue weighted by Gasteiger charge is -2.48. The molecule has 0 saturated carbocycles. The number of rotatable bonds is 1. The first-order valence-electron chi connectivity index (χ1n) is 4.18. The highest BCUT2D eigenvalue weighted by Gasteiger charge is 2.26. The van der Waals surface area contributed by atoms with Crippen LogP contribution >= 0.6 is 0 Å². The van der Waals surface area contributed by atoms with Crippen LogP contribution < -0.4 is 0 Å². The van der Waals surface area contributed by atoms with Crippen molar-refractivity contribution in [3.63, 3.8) is 0 Å². The van der Waals surface area contributed by atoms with Gasteiger partial charge in [-0.05, 0) is 6.04 Å². The Morgan fingerprint density at radius 3 is 1.79 bits per heavy atom. The molecule has 0 aromatic rings. The van der Waals surface area contributed by atoms with Gasteiger partial charge < -0.3 is 15.8 Å². The van der Waals surface area contributed by atoms with Crippen molar-refractivity contribution < 1.29 is 17.9 Å². The van der Waals surface area contributed by atoms with Gasteiger partial charge in [0.2, 0.25) is 0 Å². The minimum atomic E-state index is -4.33. The van der Waals surface area contributed by atoms with E-state index in [2.05, 4.69) is 12.2 Å². The molecule has 1 aliphatic rings. The first-order chi connectivity index (χ1) is 6.21. The van der Waals surface area contributed by atoms with Gasteiger partial charge in [-0.2, -0.15) is 20.2 Å². The van der Waals surface area contributed by atoms with E-state index in [1.165, 1.54) is 0 Å². The smallest absolute Gasteiger partial charge is 0.373 e. The third-order valence-electron chi connectivity index (χ3n) is 1.86. The number of nitrogens with zero attached hydrogens (tertiary/aromatic N) is 1. The van der Waals surface area contributed by atoms with Crippen LogP contribution in [0.15, 0.2) is 0 Å². The van der Waals surface area contributed by atoms with E-state index in [4.69, 9.17) is 10.5 Å². The van der Waals surface area contributed by atoms with Crippen molar-refractivity contribution in [2.75, 3.05) is 20.3 Å². The molecule has 0 bridgehead atoms. The Bertz CT molecular complexity index is 161. The molecular formula is C8H15F3N2O-2. The zero-order chi connectivity index (χ0) is 11.4. The van der Waals surface area contributed by atoms with Gasteiger partial charge in [0.25, 0.3) is 0 Å². The average molecular weight is 212 g/mol. The fraction of sp³-hybridized carbons (Fsp3) is 1.00. The zero-order valence-electron chi connectivity index (χ0n) is 8.48. The highest BCUT2D eigenvalue weighted by Crippen LogP contribution is 2.23. The van der Waals surface area contributed by atoms with Crippen LogP contribution in [0.3, 0.4) is 0 Å². The Kier molecular flexibility index (Phi) is 4.83. The van der Waals surface area contributed by atoms with Crippen molar-refractivity contribution in [1.82, 2.24) is 0 Å². The minimum Gasteiger partial charge on any atom is -0.668 e. The van der Waals surface area contributed by atoms with E-state index in [-0.39, 0.29) is 5.54 Å². The predicted octanol–water partition coefficient (Wildman–Crippen LogP) is 2.77. The van der Waals surface area contributed by atoms with E-state index in [9.17, 15) is 13.2 Å². The molecule has 1 fully saturated rings. The summed E-state index contributed by atoms with van der Waals surface area (Å²) in [6.07, 6.45) is -4.33. The molecule has 1 rings (SSSR count). The maximum Gasteiger partial charge on any atom is 0.373 e. The second kappa shape index (κ2) is 4.95. The van der Waals surface area contributed by atoms with Crippen molar-refractivity contribution in [2.45, 2.75) is 31.6 Å². The standard InChI is InChI=1S/C5H10NO.C3H5F3N/c1-5(6-2)3-7-4-5;1-2(7)3(4,5)6/h3-4H2,1-2H3;2,7H,1H3/q2*-1. The van der Waals surface area contributed by atoms with E-state index in [0.29, 0.717) is 0 Å². The van der Waals surface area contributed by atoms with E-state index in [1.807, 2.05) is 7.05 Å². The summed E-state index contributed by atoms with van der Waals surface area (Å²) >= 11 is 0. The first kappa shape index (κ1) is 13.7. The van der Waals surface area contributed by atoms with Crippen LogP contribution in [0.5, 0.6) is 0 Å². The van der Waals surface area contributed by atoms with E-state index in [1.54, 1.807) is 0 Å². The third kappa shape index (κ3) is 4.78. The molecule has 0 radical (unpaired) electrons. The molecule has 1 saturated heterocycles. The lowest BCUT2D eigenvalue weighted by Crippen LogP contribution is -2.45. The van der Waals surface area contributed by atoms with Gasteiger partial charge in [0, 0.05) is 13.2 Å². The summed E-state index contributed by atoms with van der Waals surface area (Å²) < 4.78 is 37.9. The summed E-state index contributed by atoms with van der Waals surface area (Å²) in [6, 6.07) is -1.95. The fourth-order valence-corrected chi connectivity index (χ4v) is 0.527. The molecule has 0 spiro atoms. The number of hydrogen-bond donors (Lipinski definition) is 0. The summed E-state index contributed by atoms with van der Waals surface area (Å²) in [6.45, 7) is 4.50. The van der Waals surface area contributed by atoms with Gasteiger partial charge in [0.05, 0.1) is 0 Å². The van der Waals surface area contributed by atoms with Crippen molar-refractivity contribution in [3.8, 4) is 0 Å². The summed E-state index contributed by atoms with van der Waals surface area (Å²) in [4.78, 5) is 0. The lowest BCUT2D eigenvalue weighted by molar-refractivity contribution is -0.134. The maximum atomic E-state index is 11.0. The zero-order valence-corrected chi connectivity index (χ0v) is 8.48. The molecule has 6 heteroatoms. The quantitative estimate of drug-likeness (QED) is 0.659. The van der Waals surface area contributed by atoms with E-state index in [0.717, 1.165) is 20.1 Å². The largest absolute Gasteiger partial charge is 0.668 e. The van der Waals surface area contributed by atoms with Gasteiger partial charge in [-0.15, -0.1) is 0 Å². The van der Waals surface area contributed by atoms with Crippen molar-refractivity contribution in [2.24, 2.45) is 0 Å². The summed E-state index contributed by atoms with van der Waals surface area (Å²) in [7, 11) is 1.84. The van der Waals surface area contributed by atoms with Crippen LogP contribution in [0.1, 0.15) is 13.8 Å². The predicted molar refractivity (Wildman–Crippen MR) is 48.3 cm³/mol. The van der Waals surface area contributed by atoms with Crippen LogP contribution in [-0.2, 0) is 4.74 Å². The van der Waals surface area contributed by atoms with Crippen LogP contribution in [0.4, 0.5) is 13.2 Å². The Balaban J connectivity index is 0.000000241. The highest BCUT2D eigenvalue weighted by molar-refractivity contribution is 5.05. The van der Waals surface area contributed by atoms with E-state index < -0.39 is 12.2 Å². The van der Waals surface area contributed by atoms with Gasteiger partial charge in [0.1, 0.15) is 0 Å². The molecule has 0 aromatic carbocycles. The lowest BCUT2D eigenvalue weighted by atomic mass is 10.0. The van der Waals surface area contributed by atoms with Gasteiger partial charge in [-0.3, -0.25) is 0 Å². The maximum absolute atomic E-state index is 11.0. The molecule has 1 atom stereocenters. The number of alkyl halides is 3.